The molecule has 0 unspecified atom stereocenters. The minimum Gasteiger partial charge on any atom is -0.405 e. The second kappa shape index (κ2) is 8.21. The summed E-state index contributed by atoms with van der Waals surface area (Å²) in [4.78, 5) is 4.04. The number of hydrogen-bond acceptors (Lipinski definition) is 3. The van der Waals surface area contributed by atoms with Crippen molar-refractivity contribution < 1.29 is 9.53 Å². The lowest BCUT2D eigenvalue weighted by atomic mass is 10.2. The predicted molar refractivity (Wildman–Crippen MR) is 112 cm³/mol. The monoisotopic (exact) mass is 380 g/mol. The molecule has 1 N–H and O–H groups in total. The van der Waals surface area contributed by atoms with Gasteiger partial charge in [-0.3, -0.25) is 0 Å². The Morgan fingerprint density at radius 3 is 2.00 bits per heavy atom. The van der Waals surface area contributed by atoms with Crippen molar-refractivity contribution in [2.24, 2.45) is 0 Å². The fraction of sp³-hybridized carbons (Fsp3) is 0.318. The summed E-state index contributed by atoms with van der Waals surface area (Å²) in [6.07, 6.45) is 4.69. The molecule has 0 aliphatic carbocycles. The summed E-state index contributed by atoms with van der Waals surface area (Å²) in [5.74, 6) is 0. The van der Waals surface area contributed by atoms with Crippen molar-refractivity contribution in [1.29, 1.82) is 0 Å². The van der Waals surface area contributed by atoms with Crippen LogP contribution in [0.3, 0.4) is 0 Å². The number of aromatic nitrogens is 2. The van der Waals surface area contributed by atoms with Crippen LogP contribution in [0.25, 0.3) is 0 Å². The lowest BCUT2D eigenvalue weighted by Gasteiger charge is -2.43. The van der Waals surface area contributed by atoms with E-state index in [1.165, 1.54) is 10.4 Å². The van der Waals surface area contributed by atoms with Crippen LogP contribution >= 0.6 is 0 Å². The van der Waals surface area contributed by atoms with Gasteiger partial charge in [0, 0.05) is 12.4 Å². The summed E-state index contributed by atoms with van der Waals surface area (Å²) in [6, 6.07) is 21.0. The molecule has 27 heavy (non-hydrogen) atoms. The van der Waals surface area contributed by atoms with E-state index in [0.717, 1.165) is 0 Å². The van der Waals surface area contributed by atoms with Crippen molar-refractivity contribution in [1.82, 2.24) is 9.55 Å². The van der Waals surface area contributed by atoms with Gasteiger partial charge >= 0.3 is 0 Å². The molecule has 2 aromatic carbocycles. The molecule has 3 rings (SSSR count). The quantitative estimate of drug-likeness (QED) is 0.641. The first-order valence-electron chi connectivity index (χ1n) is 9.32. The highest BCUT2D eigenvalue weighted by atomic mass is 28.4. The van der Waals surface area contributed by atoms with Gasteiger partial charge in [0.25, 0.3) is 8.32 Å². The molecule has 0 amide bonds. The van der Waals surface area contributed by atoms with Crippen LogP contribution in [0, 0.1) is 0 Å². The molecule has 142 valence electrons. The molecule has 1 atom stereocenters. The third kappa shape index (κ3) is 4.21. The van der Waals surface area contributed by atoms with E-state index in [2.05, 4.69) is 74.3 Å². The van der Waals surface area contributed by atoms with E-state index in [1.807, 2.05) is 22.9 Å². The molecule has 3 aromatic rings. The summed E-state index contributed by atoms with van der Waals surface area (Å²) < 4.78 is 8.61. The van der Waals surface area contributed by atoms with Crippen LogP contribution in [0.15, 0.2) is 79.4 Å². The normalized spacial score (nSPS) is 13.5. The maximum atomic E-state index is 10.6. The van der Waals surface area contributed by atoms with E-state index in [4.69, 9.17) is 4.43 Å². The van der Waals surface area contributed by atoms with Crippen LogP contribution in [0.1, 0.15) is 20.8 Å². The number of rotatable bonds is 7. The zero-order valence-electron chi connectivity index (χ0n) is 16.2. The highest BCUT2D eigenvalue weighted by molar-refractivity contribution is 6.99. The Kier molecular flexibility index (Phi) is 5.94. The summed E-state index contributed by atoms with van der Waals surface area (Å²) in [5, 5.41) is 12.9. The Labute approximate surface area is 162 Å². The van der Waals surface area contributed by atoms with Crippen LogP contribution in [-0.4, -0.2) is 35.7 Å². The number of imidazole rings is 1. The Balaban J connectivity index is 1.96. The molecule has 0 radical (unpaired) electrons. The number of benzene rings is 2. The minimum absolute atomic E-state index is 0.0928. The number of aliphatic hydroxyl groups excluding tert-OH is 1. The summed E-state index contributed by atoms with van der Waals surface area (Å²) in [6.45, 7) is 7.47. The molecule has 0 saturated carbocycles. The number of hydrogen-bond donors (Lipinski definition) is 1. The van der Waals surface area contributed by atoms with E-state index < -0.39 is 14.4 Å². The molecule has 1 aromatic heterocycles. The molecular formula is C22H28N2O2Si. The van der Waals surface area contributed by atoms with Crippen molar-refractivity contribution in [2.45, 2.75) is 38.5 Å². The van der Waals surface area contributed by atoms with Crippen LogP contribution < -0.4 is 10.4 Å². The van der Waals surface area contributed by atoms with E-state index in [1.54, 1.807) is 12.5 Å². The summed E-state index contributed by atoms with van der Waals surface area (Å²) in [7, 11) is -2.60. The molecule has 0 aliphatic rings. The van der Waals surface area contributed by atoms with E-state index in [0.29, 0.717) is 6.54 Å². The standard InChI is InChI=1S/C22H28N2O2Si/c1-22(2,3)27(20-10-6-4-7-11-20,21-12-8-5-9-13-21)26-17-19(25)16-24-15-14-23-18-24/h4-15,18-19,25H,16-17H2,1-3H3/t19-/m1/s1. The third-order valence-corrected chi connectivity index (χ3v) is 9.89. The fourth-order valence-electron chi connectivity index (χ4n) is 3.67. The topological polar surface area (TPSA) is 47.3 Å². The highest BCUT2D eigenvalue weighted by Crippen LogP contribution is 2.36. The Bertz CT molecular complexity index is 775. The summed E-state index contributed by atoms with van der Waals surface area (Å²) >= 11 is 0. The van der Waals surface area contributed by atoms with Gasteiger partial charge in [-0.2, -0.15) is 0 Å². The van der Waals surface area contributed by atoms with Gasteiger partial charge in [0.1, 0.15) is 0 Å². The van der Waals surface area contributed by atoms with Crippen molar-refractivity contribution in [3.8, 4) is 0 Å². The molecule has 5 heteroatoms. The maximum absolute atomic E-state index is 10.6. The molecule has 0 saturated heterocycles. The third-order valence-electron chi connectivity index (χ3n) is 4.89. The fourth-order valence-corrected chi connectivity index (χ4v) is 8.27. The number of aliphatic hydroxyl groups is 1. The Hall–Kier alpha value is -2.21. The SMILES string of the molecule is CC(C)(C)[Si](OC[C@H](O)Cn1ccnc1)(c1ccccc1)c1ccccc1. The van der Waals surface area contributed by atoms with Crippen molar-refractivity contribution in [2.75, 3.05) is 6.61 Å². The molecule has 0 bridgehead atoms. The van der Waals surface area contributed by atoms with Crippen molar-refractivity contribution in [3.63, 3.8) is 0 Å². The van der Waals surface area contributed by atoms with Crippen molar-refractivity contribution >= 4 is 18.7 Å². The lowest BCUT2D eigenvalue weighted by molar-refractivity contribution is 0.0878. The lowest BCUT2D eigenvalue weighted by Crippen LogP contribution is -2.67. The largest absolute Gasteiger partial charge is 0.405 e. The second-order valence-corrected chi connectivity index (χ2v) is 12.2. The zero-order chi connectivity index (χ0) is 19.3. The van der Waals surface area contributed by atoms with Gasteiger partial charge in [-0.1, -0.05) is 81.4 Å². The van der Waals surface area contributed by atoms with Crippen LogP contribution in [0.4, 0.5) is 0 Å². The average molecular weight is 381 g/mol. The molecule has 1 heterocycles. The van der Waals surface area contributed by atoms with Gasteiger partial charge in [-0.05, 0) is 15.4 Å². The van der Waals surface area contributed by atoms with Gasteiger partial charge in [-0.25, -0.2) is 4.98 Å². The van der Waals surface area contributed by atoms with Gasteiger partial charge in [0.15, 0.2) is 0 Å². The van der Waals surface area contributed by atoms with Gasteiger partial charge in [0.05, 0.1) is 25.6 Å². The van der Waals surface area contributed by atoms with Crippen LogP contribution in [0.5, 0.6) is 0 Å². The first-order chi connectivity index (χ1) is 12.9. The molecule has 0 fully saturated rings. The molecule has 4 nitrogen and oxygen atoms in total. The average Bonchev–Trinajstić information content (AvgIpc) is 3.16. The van der Waals surface area contributed by atoms with Gasteiger partial charge in [0.2, 0.25) is 0 Å². The van der Waals surface area contributed by atoms with Gasteiger partial charge in [-0.15, -0.1) is 0 Å². The first-order valence-corrected chi connectivity index (χ1v) is 11.2. The minimum atomic E-state index is -2.60. The highest BCUT2D eigenvalue weighted by Gasteiger charge is 2.50. The molecule has 0 spiro atoms. The number of nitrogens with zero attached hydrogens (tertiary/aromatic N) is 2. The summed E-state index contributed by atoms with van der Waals surface area (Å²) in [5.41, 5.74) is 0. The van der Waals surface area contributed by atoms with E-state index in [9.17, 15) is 5.11 Å². The van der Waals surface area contributed by atoms with Crippen LogP contribution in [-0.2, 0) is 11.0 Å². The Morgan fingerprint density at radius 1 is 1.00 bits per heavy atom. The first kappa shape index (κ1) is 19.5. The molecular weight excluding hydrogens is 352 g/mol. The smallest absolute Gasteiger partial charge is 0.261 e. The second-order valence-electron chi connectivity index (χ2n) is 7.89. The maximum Gasteiger partial charge on any atom is 0.261 e. The molecule has 0 aliphatic heterocycles. The zero-order valence-corrected chi connectivity index (χ0v) is 17.2. The van der Waals surface area contributed by atoms with E-state index >= 15 is 0 Å². The van der Waals surface area contributed by atoms with Crippen molar-refractivity contribution in [3.05, 3.63) is 79.4 Å². The van der Waals surface area contributed by atoms with Gasteiger partial charge < -0.3 is 14.1 Å². The van der Waals surface area contributed by atoms with E-state index in [-0.39, 0.29) is 11.6 Å². The predicted octanol–water partition coefficient (Wildman–Crippen LogP) is 2.82. The Morgan fingerprint density at radius 2 is 1.56 bits per heavy atom. The van der Waals surface area contributed by atoms with Crippen LogP contribution in [0.2, 0.25) is 5.04 Å².